The minimum absolute atomic E-state index is 1.17. The SMILES string of the molecule is Cc1cc([SiH3])cc(C)c1C. The van der Waals surface area contributed by atoms with Gasteiger partial charge in [0.1, 0.15) is 0 Å². The molecular weight excluding hydrogens is 136 g/mol. The molecule has 0 N–H and O–H groups in total. The van der Waals surface area contributed by atoms with Crippen LogP contribution in [0.4, 0.5) is 0 Å². The van der Waals surface area contributed by atoms with Crippen LogP contribution in [-0.2, 0) is 0 Å². The number of benzene rings is 1. The first-order valence-corrected chi connectivity index (χ1v) is 4.65. The molecule has 0 aliphatic rings. The van der Waals surface area contributed by atoms with Gasteiger partial charge in [-0.2, -0.15) is 0 Å². The van der Waals surface area contributed by atoms with Gasteiger partial charge in [0, 0.05) is 10.2 Å². The third kappa shape index (κ3) is 1.29. The molecule has 10 heavy (non-hydrogen) atoms. The number of aryl methyl sites for hydroxylation is 2. The van der Waals surface area contributed by atoms with Gasteiger partial charge in [-0.05, 0) is 37.5 Å². The molecule has 0 unspecified atom stereocenters. The molecule has 0 saturated heterocycles. The summed E-state index contributed by atoms with van der Waals surface area (Å²) in [5, 5.41) is 1.50. The second-order valence-corrected chi connectivity index (χ2v) is 4.18. The normalized spacial score (nSPS) is 10.3. The molecule has 1 aromatic rings. The molecular formula is C9H14Si. The topological polar surface area (TPSA) is 0 Å². The van der Waals surface area contributed by atoms with E-state index in [1.165, 1.54) is 32.1 Å². The van der Waals surface area contributed by atoms with Crippen molar-refractivity contribution in [1.82, 2.24) is 0 Å². The Morgan fingerprint density at radius 3 is 1.80 bits per heavy atom. The predicted molar refractivity (Wildman–Crippen MR) is 50.2 cm³/mol. The predicted octanol–water partition coefficient (Wildman–Crippen LogP) is 0.603. The number of hydrogen-bond acceptors (Lipinski definition) is 0. The molecule has 1 rings (SSSR count). The Kier molecular flexibility index (Phi) is 1.95. The van der Waals surface area contributed by atoms with Crippen molar-refractivity contribution in [2.45, 2.75) is 20.8 Å². The molecule has 0 heterocycles. The molecule has 0 atom stereocenters. The average Bonchev–Trinajstić information content (AvgIpc) is 1.82. The zero-order valence-electron chi connectivity index (χ0n) is 7.15. The van der Waals surface area contributed by atoms with Crippen LogP contribution in [0.2, 0.25) is 0 Å². The maximum Gasteiger partial charge on any atom is 0.0385 e. The standard InChI is InChI=1S/C9H14Si/c1-6-4-9(10)5-7(2)8(6)3/h4-5H,1-3,10H3. The van der Waals surface area contributed by atoms with Gasteiger partial charge in [-0.3, -0.25) is 0 Å². The number of hydrogen-bond donors (Lipinski definition) is 0. The van der Waals surface area contributed by atoms with E-state index in [1.54, 1.807) is 0 Å². The largest absolute Gasteiger partial charge is 0.0702 e. The Labute approximate surface area is 65.7 Å². The van der Waals surface area contributed by atoms with E-state index in [2.05, 4.69) is 32.9 Å². The van der Waals surface area contributed by atoms with Crippen LogP contribution in [0.5, 0.6) is 0 Å². The molecule has 0 aromatic heterocycles. The summed E-state index contributed by atoms with van der Waals surface area (Å²) in [5.74, 6) is 0. The maximum absolute atomic E-state index is 2.29. The van der Waals surface area contributed by atoms with E-state index >= 15 is 0 Å². The van der Waals surface area contributed by atoms with E-state index in [0.717, 1.165) is 0 Å². The Hall–Kier alpha value is -0.563. The van der Waals surface area contributed by atoms with Crippen LogP contribution in [0.3, 0.4) is 0 Å². The molecule has 0 nitrogen and oxygen atoms in total. The molecule has 0 bridgehead atoms. The lowest BCUT2D eigenvalue weighted by Crippen LogP contribution is -2.04. The van der Waals surface area contributed by atoms with E-state index in [1.807, 2.05) is 0 Å². The van der Waals surface area contributed by atoms with Crippen molar-refractivity contribution in [1.29, 1.82) is 0 Å². The molecule has 1 aromatic carbocycles. The zero-order chi connectivity index (χ0) is 7.72. The molecule has 0 spiro atoms. The molecule has 1 heteroatoms. The van der Waals surface area contributed by atoms with Gasteiger partial charge in [0.25, 0.3) is 0 Å². The van der Waals surface area contributed by atoms with Crippen molar-refractivity contribution in [3.63, 3.8) is 0 Å². The molecule has 0 radical (unpaired) electrons. The van der Waals surface area contributed by atoms with Crippen LogP contribution >= 0.6 is 0 Å². The fraction of sp³-hybridized carbons (Fsp3) is 0.333. The maximum atomic E-state index is 2.29. The average molecular weight is 150 g/mol. The zero-order valence-corrected chi connectivity index (χ0v) is 9.15. The van der Waals surface area contributed by atoms with Crippen molar-refractivity contribution < 1.29 is 0 Å². The Morgan fingerprint density at radius 2 is 1.40 bits per heavy atom. The van der Waals surface area contributed by atoms with Crippen LogP contribution in [-0.4, -0.2) is 10.2 Å². The first-order valence-electron chi connectivity index (χ1n) is 3.65. The van der Waals surface area contributed by atoms with E-state index in [-0.39, 0.29) is 0 Å². The fourth-order valence-corrected chi connectivity index (χ4v) is 2.12. The summed E-state index contributed by atoms with van der Waals surface area (Å²) in [5.41, 5.74) is 4.31. The quantitative estimate of drug-likeness (QED) is 0.475. The highest BCUT2D eigenvalue weighted by Gasteiger charge is 1.95. The summed E-state index contributed by atoms with van der Waals surface area (Å²) >= 11 is 0. The van der Waals surface area contributed by atoms with Crippen molar-refractivity contribution in [3.8, 4) is 0 Å². The van der Waals surface area contributed by atoms with Crippen LogP contribution in [0, 0.1) is 20.8 Å². The van der Waals surface area contributed by atoms with E-state index in [0.29, 0.717) is 0 Å². The van der Waals surface area contributed by atoms with Gasteiger partial charge in [-0.1, -0.05) is 17.3 Å². The molecule has 54 valence electrons. The fourth-order valence-electron chi connectivity index (χ4n) is 1.25. The van der Waals surface area contributed by atoms with Crippen LogP contribution in [0.25, 0.3) is 0 Å². The minimum atomic E-state index is 1.17. The molecule has 0 fully saturated rings. The summed E-state index contributed by atoms with van der Waals surface area (Å²) in [6, 6.07) is 4.57. The summed E-state index contributed by atoms with van der Waals surface area (Å²) < 4.78 is 0. The summed E-state index contributed by atoms with van der Waals surface area (Å²) in [6.45, 7) is 6.55. The lowest BCUT2D eigenvalue weighted by molar-refractivity contribution is 1.28. The first-order chi connectivity index (χ1) is 4.61. The highest BCUT2D eigenvalue weighted by molar-refractivity contribution is 6.32. The highest BCUT2D eigenvalue weighted by Crippen LogP contribution is 2.08. The van der Waals surface area contributed by atoms with Crippen LogP contribution in [0.1, 0.15) is 16.7 Å². The molecule has 0 amide bonds. The Bertz CT molecular complexity index is 228. The van der Waals surface area contributed by atoms with Gasteiger partial charge in [-0.25, -0.2) is 0 Å². The van der Waals surface area contributed by atoms with Gasteiger partial charge < -0.3 is 0 Å². The van der Waals surface area contributed by atoms with E-state index < -0.39 is 0 Å². The monoisotopic (exact) mass is 150 g/mol. The summed E-state index contributed by atoms with van der Waals surface area (Å²) in [6.07, 6.45) is 0. The third-order valence-corrected chi connectivity index (χ3v) is 2.65. The lowest BCUT2D eigenvalue weighted by atomic mass is 10.1. The second kappa shape index (κ2) is 2.58. The van der Waals surface area contributed by atoms with E-state index in [9.17, 15) is 0 Å². The highest BCUT2D eigenvalue weighted by atomic mass is 28.1. The third-order valence-electron chi connectivity index (χ3n) is 2.07. The van der Waals surface area contributed by atoms with Gasteiger partial charge in [0.15, 0.2) is 0 Å². The van der Waals surface area contributed by atoms with Gasteiger partial charge >= 0.3 is 0 Å². The molecule has 0 aliphatic heterocycles. The van der Waals surface area contributed by atoms with Crippen molar-refractivity contribution in [2.75, 3.05) is 0 Å². The summed E-state index contributed by atoms with van der Waals surface area (Å²) in [7, 11) is 1.17. The minimum Gasteiger partial charge on any atom is -0.0702 e. The Balaban J connectivity index is 3.31. The number of rotatable bonds is 0. The van der Waals surface area contributed by atoms with Crippen molar-refractivity contribution >= 4 is 15.4 Å². The smallest absolute Gasteiger partial charge is 0.0385 e. The first kappa shape index (κ1) is 7.54. The van der Waals surface area contributed by atoms with Gasteiger partial charge in [0.05, 0.1) is 0 Å². The lowest BCUT2D eigenvalue weighted by Gasteiger charge is -2.04. The van der Waals surface area contributed by atoms with Gasteiger partial charge in [0.2, 0.25) is 0 Å². The second-order valence-electron chi connectivity index (χ2n) is 3.02. The molecule has 0 saturated carbocycles. The van der Waals surface area contributed by atoms with E-state index in [4.69, 9.17) is 0 Å². The van der Waals surface area contributed by atoms with Gasteiger partial charge in [-0.15, -0.1) is 0 Å². The molecule has 0 aliphatic carbocycles. The Morgan fingerprint density at radius 1 is 1.00 bits per heavy atom. The summed E-state index contributed by atoms with van der Waals surface area (Å²) in [4.78, 5) is 0. The van der Waals surface area contributed by atoms with Crippen LogP contribution in [0.15, 0.2) is 12.1 Å². The van der Waals surface area contributed by atoms with Crippen LogP contribution < -0.4 is 5.19 Å². The van der Waals surface area contributed by atoms with Crippen molar-refractivity contribution in [3.05, 3.63) is 28.8 Å². The van der Waals surface area contributed by atoms with Crippen molar-refractivity contribution in [2.24, 2.45) is 0 Å².